The second-order valence-corrected chi connectivity index (χ2v) is 8.70. The molecule has 36 heavy (non-hydrogen) atoms. The number of anilines is 2. The predicted molar refractivity (Wildman–Crippen MR) is 136 cm³/mol. The van der Waals surface area contributed by atoms with Gasteiger partial charge in [0.05, 0.1) is 32.4 Å². The number of benzene rings is 2. The maximum absolute atomic E-state index is 13.5. The lowest BCUT2D eigenvalue weighted by atomic mass is 9.95. The molecule has 1 amide bonds. The van der Waals surface area contributed by atoms with Crippen molar-refractivity contribution in [2.24, 2.45) is 0 Å². The predicted octanol–water partition coefficient (Wildman–Crippen LogP) is 5.48. The summed E-state index contributed by atoms with van der Waals surface area (Å²) in [4.78, 5) is 32.7. The number of nitrogens with zero attached hydrogens (tertiary/aromatic N) is 5. The molecule has 1 aliphatic rings. The van der Waals surface area contributed by atoms with Gasteiger partial charge in [-0.05, 0) is 37.3 Å². The van der Waals surface area contributed by atoms with E-state index >= 15 is 0 Å². The first-order chi connectivity index (χ1) is 17.3. The first-order valence-corrected chi connectivity index (χ1v) is 11.4. The van der Waals surface area contributed by atoms with Gasteiger partial charge in [-0.15, -0.1) is 5.10 Å². The van der Waals surface area contributed by atoms with Crippen molar-refractivity contribution in [3.05, 3.63) is 104 Å². The summed E-state index contributed by atoms with van der Waals surface area (Å²) < 4.78 is 1.56. The van der Waals surface area contributed by atoms with Crippen LogP contribution in [0.5, 0.6) is 0 Å². The zero-order chi connectivity index (χ0) is 25.4. The average Bonchev–Trinajstić information content (AvgIpc) is 3.29. The lowest BCUT2D eigenvalue weighted by Gasteiger charge is -2.29. The van der Waals surface area contributed by atoms with E-state index in [2.05, 4.69) is 25.7 Å². The summed E-state index contributed by atoms with van der Waals surface area (Å²) in [7, 11) is 0. The first kappa shape index (κ1) is 23.5. The van der Waals surface area contributed by atoms with Gasteiger partial charge in [-0.1, -0.05) is 35.3 Å². The van der Waals surface area contributed by atoms with Gasteiger partial charge in [0.1, 0.15) is 6.04 Å². The largest absolute Gasteiger partial charge is 0.328 e. The Balaban J connectivity index is 1.62. The Labute approximate surface area is 214 Å². The highest BCUT2D eigenvalue weighted by molar-refractivity contribution is 6.42. The molecule has 12 heteroatoms. The van der Waals surface area contributed by atoms with E-state index < -0.39 is 11.0 Å². The number of fused-ring (bicyclic) bond motifs is 1. The monoisotopic (exact) mass is 521 g/mol. The zero-order valence-corrected chi connectivity index (χ0v) is 20.2. The zero-order valence-electron chi connectivity index (χ0n) is 18.6. The van der Waals surface area contributed by atoms with Crippen LogP contribution in [-0.2, 0) is 4.79 Å². The van der Waals surface area contributed by atoms with Crippen LogP contribution in [0.15, 0.2) is 78.3 Å². The molecule has 2 aromatic heterocycles. The summed E-state index contributed by atoms with van der Waals surface area (Å²) in [5.41, 5.74) is 2.51. The van der Waals surface area contributed by atoms with Crippen molar-refractivity contribution in [3.8, 4) is 11.4 Å². The van der Waals surface area contributed by atoms with Gasteiger partial charge in [-0.3, -0.25) is 19.9 Å². The molecule has 0 fully saturated rings. The molecular formula is C24H17Cl2N7O3. The van der Waals surface area contributed by atoms with Crippen LogP contribution in [0.1, 0.15) is 18.5 Å². The van der Waals surface area contributed by atoms with Crippen LogP contribution in [0.2, 0.25) is 10.0 Å². The number of halogens is 2. The highest BCUT2D eigenvalue weighted by Gasteiger charge is 2.36. The molecule has 1 aliphatic heterocycles. The van der Waals surface area contributed by atoms with E-state index in [1.807, 2.05) is 0 Å². The van der Waals surface area contributed by atoms with Crippen molar-refractivity contribution in [3.63, 3.8) is 0 Å². The summed E-state index contributed by atoms with van der Waals surface area (Å²) in [5, 5.41) is 22.3. The number of allylic oxidation sites excluding steroid dienone is 1. The molecule has 180 valence electrons. The van der Waals surface area contributed by atoms with Crippen LogP contribution >= 0.6 is 23.2 Å². The van der Waals surface area contributed by atoms with E-state index in [0.717, 1.165) is 0 Å². The van der Waals surface area contributed by atoms with Crippen molar-refractivity contribution in [1.82, 2.24) is 19.7 Å². The van der Waals surface area contributed by atoms with Crippen molar-refractivity contribution in [2.45, 2.75) is 13.0 Å². The molecule has 1 unspecified atom stereocenters. The average molecular weight is 522 g/mol. The van der Waals surface area contributed by atoms with E-state index in [-0.39, 0.29) is 16.6 Å². The molecule has 2 aromatic carbocycles. The number of non-ortho nitro benzene ring substituents is 1. The summed E-state index contributed by atoms with van der Waals surface area (Å²) in [6.45, 7) is 1.76. The van der Waals surface area contributed by atoms with Crippen LogP contribution in [0, 0.1) is 10.1 Å². The number of hydrogen-bond acceptors (Lipinski definition) is 7. The molecule has 5 rings (SSSR count). The molecular weight excluding hydrogens is 505 g/mol. The number of carbonyl (C=O) groups excluding carboxylic acids is 1. The van der Waals surface area contributed by atoms with E-state index in [9.17, 15) is 14.9 Å². The van der Waals surface area contributed by atoms with Gasteiger partial charge in [0.2, 0.25) is 5.95 Å². The van der Waals surface area contributed by atoms with E-state index in [4.69, 9.17) is 23.2 Å². The van der Waals surface area contributed by atoms with Gasteiger partial charge in [-0.2, -0.15) is 4.98 Å². The number of pyridine rings is 1. The van der Waals surface area contributed by atoms with Crippen molar-refractivity contribution in [2.75, 3.05) is 10.6 Å². The smallest absolute Gasteiger partial charge is 0.269 e. The molecule has 4 aromatic rings. The number of rotatable bonds is 5. The molecule has 3 heterocycles. The lowest BCUT2D eigenvalue weighted by molar-refractivity contribution is -0.384. The highest BCUT2D eigenvalue weighted by Crippen LogP contribution is 2.41. The second kappa shape index (κ2) is 9.40. The number of nitro benzene ring substituents is 1. The quantitative estimate of drug-likeness (QED) is 0.262. The minimum atomic E-state index is -0.761. The van der Waals surface area contributed by atoms with Gasteiger partial charge in [-0.25, -0.2) is 4.68 Å². The van der Waals surface area contributed by atoms with Gasteiger partial charge in [0, 0.05) is 35.2 Å². The Morgan fingerprint density at radius 3 is 2.61 bits per heavy atom. The SMILES string of the molecule is CC1=C(C(=O)Nc2cccnc2)C(c2cccc(Cl)c2Cl)n2nc(-c3ccc([N+](=O)[O-])cc3)nc2N1. The van der Waals surface area contributed by atoms with Crippen molar-refractivity contribution < 1.29 is 9.72 Å². The summed E-state index contributed by atoms with van der Waals surface area (Å²) >= 11 is 12.9. The van der Waals surface area contributed by atoms with Crippen LogP contribution in [0.4, 0.5) is 17.3 Å². The van der Waals surface area contributed by atoms with Crippen molar-refractivity contribution >= 4 is 46.4 Å². The Bertz CT molecular complexity index is 1520. The van der Waals surface area contributed by atoms with Gasteiger partial charge in [0.25, 0.3) is 11.6 Å². The lowest BCUT2D eigenvalue weighted by Crippen LogP contribution is -2.31. The van der Waals surface area contributed by atoms with Crippen molar-refractivity contribution in [1.29, 1.82) is 0 Å². The van der Waals surface area contributed by atoms with Gasteiger partial charge in [0.15, 0.2) is 5.82 Å². The Kier molecular flexibility index (Phi) is 6.13. The van der Waals surface area contributed by atoms with Crippen LogP contribution in [0.25, 0.3) is 11.4 Å². The molecule has 10 nitrogen and oxygen atoms in total. The number of nitro groups is 1. The minimum Gasteiger partial charge on any atom is -0.328 e. The third-order valence-electron chi connectivity index (χ3n) is 5.63. The van der Waals surface area contributed by atoms with Crippen LogP contribution < -0.4 is 10.6 Å². The van der Waals surface area contributed by atoms with Crippen LogP contribution in [0.3, 0.4) is 0 Å². The number of hydrogen-bond donors (Lipinski definition) is 2. The molecule has 0 saturated heterocycles. The third-order valence-corrected chi connectivity index (χ3v) is 6.46. The van der Waals surface area contributed by atoms with E-state index in [1.165, 1.54) is 12.1 Å². The number of amides is 1. The fraction of sp³-hybridized carbons (Fsp3) is 0.0833. The number of carbonyl (C=O) groups is 1. The van der Waals surface area contributed by atoms with Crippen LogP contribution in [-0.4, -0.2) is 30.6 Å². The summed E-state index contributed by atoms with van der Waals surface area (Å²) in [6, 6.07) is 13.7. The van der Waals surface area contributed by atoms with Gasteiger partial charge < -0.3 is 10.6 Å². The molecule has 1 atom stereocenters. The minimum absolute atomic E-state index is 0.0451. The topological polar surface area (TPSA) is 128 Å². The summed E-state index contributed by atoms with van der Waals surface area (Å²) in [6.07, 6.45) is 3.15. The second-order valence-electron chi connectivity index (χ2n) is 7.91. The summed E-state index contributed by atoms with van der Waals surface area (Å²) in [5.74, 6) is 0.309. The Morgan fingerprint density at radius 1 is 1.14 bits per heavy atom. The molecule has 0 bridgehead atoms. The maximum Gasteiger partial charge on any atom is 0.269 e. The fourth-order valence-corrected chi connectivity index (χ4v) is 4.37. The number of aromatic nitrogens is 4. The maximum atomic E-state index is 13.5. The first-order valence-electron chi connectivity index (χ1n) is 10.7. The molecule has 2 N–H and O–H groups in total. The normalized spacial score (nSPS) is 14.7. The van der Waals surface area contributed by atoms with Gasteiger partial charge >= 0.3 is 0 Å². The van der Waals surface area contributed by atoms with E-state index in [1.54, 1.807) is 66.5 Å². The Hall–Kier alpha value is -4.28. The highest BCUT2D eigenvalue weighted by atomic mass is 35.5. The third kappa shape index (κ3) is 4.28. The molecule has 0 saturated carbocycles. The number of nitrogens with one attached hydrogen (secondary N) is 2. The fourth-order valence-electron chi connectivity index (χ4n) is 3.95. The molecule has 0 radical (unpaired) electrons. The molecule has 0 aliphatic carbocycles. The Morgan fingerprint density at radius 2 is 1.92 bits per heavy atom. The standard InChI is InChI=1S/C24H17Cl2N7O3/c1-13-19(23(34)29-15-4-3-11-27-12-15)21(17-5-2-6-18(25)20(17)26)32-24(28-13)30-22(31-32)14-7-9-16(10-8-14)33(35)36/h2-12,21H,1H3,(H,29,34)(H,28,30,31). The van der Waals surface area contributed by atoms with E-state index in [0.29, 0.717) is 44.9 Å². The molecule has 0 spiro atoms.